The van der Waals surface area contributed by atoms with Crippen molar-refractivity contribution in [1.82, 2.24) is 5.32 Å². The van der Waals surface area contributed by atoms with Crippen LogP contribution in [0, 0.1) is 0 Å². The first kappa shape index (κ1) is 13.4. The molecule has 2 aromatic rings. The highest BCUT2D eigenvalue weighted by Crippen LogP contribution is 2.31. The lowest BCUT2D eigenvalue weighted by Gasteiger charge is -2.30. The van der Waals surface area contributed by atoms with Gasteiger partial charge in [-0.3, -0.25) is 0 Å². The highest BCUT2D eigenvalue weighted by Gasteiger charge is 2.26. The summed E-state index contributed by atoms with van der Waals surface area (Å²) in [7, 11) is 0. The Kier molecular flexibility index (Phi) is 3.88. The van der Waals surface area contributed by atoms with Crippen molar-refractivity contribution in [1.29, 1.82) is 0 Å². The van der Waals surface area contributed by atoms with E-state index >= 15 is 0 Å². The van der Waals surface area contributed by atoms with E-state index in [0.717, 1.165) is 6.54 Å². The molecule has 1 atom stereocenters. The van der Waals surface area contributed by atoms with Gasteiger partial charge < -0.3 is 5.32 Å². The fourth-order valence-corrected chi connectivity index (χ4v) is 3.14. The lowest BCUT2D eigenvalue weighted by Crippen LogP contribution is -2.38. The van der Waals surface area contributed by atoms with Crippen LogP contribution in [0.15, 0.2) is 54.6 Å². The molecular formula is C19H23N. The maximum Gasteiger partial charge on any atom is 0.0406 e. The molecular weight excluding hydrogens is 242 g/mol. The summed E-state index contributed by atoms with van der Waals surface area (Å²) >= 11 is 0. The first-order valence-electron chi connectivity index (χ1n) is 7.69. The van der Waals surface area contributed by atoms with Crippen molar-refractivity contribution < 1.29 is 0 Å². The van der Waals surface area contributed by atoms with Crippen LogP contribution in [0.5, 0.6) is 0 Å². The van der Waals surface area contributed by atoms with Gasteiger partial charge in [0.15, 0.2) is 0 Å². The first-order valence-corrected chi connectivity index (χ1v) is 7.69. The summed E-state index contributed by atoms with van der Waals surface area (Å²) in [6, 6.07) is 19.7. The molecule has 1 heteroatoms. The van der Waals surface area contributed by atoms with Crippen LogP contribution in [0.1, 0.15) is 38.2 Å². The molecule has 0 aromatic heterocycles. The van der Waals surface area contributed by atoms with Crippen LogP contribution in [-0.4, -0.2) is 6.54 Å². The molecule has 1 heterocycles. The average Bonchev–Trinajstić information content (AvgIpc) is 2.74. The Morgan fingerprint density at radius 3 is 2.25 bits per heavy atom. The topological polar surface area (TPSA) is 12.0 Å². The predicted molar refractivity (Wildman–Crippen MR) is 85.7 cm³/mol. The SMILES string of the molecule is CC1(c2ccc(-c3ccccc3)cc2)CCCCCN1. The summed E-state index contributed by atoms with van der Waals surface area (Å²) in [5, 5.41) is 3.73. The molecule has 2 aromatic carbocycles. The quantitative estimate of drug-likeness (QED) is 0.827. The second kappa shape index (κ2) is 5.80. The van der Waals surface area contributed by atoms with Gasteiger partial charge in [0.25, 0.3) is 0 Å². The molecule has 0 amide bonds. The van der Waals surface area contributed by atoms with Crippen LogP contribution in [0.25, 0.3) is 11.1 Å². The largest absolute Gasteiger partial charge is 0.308 e. The smallest absolute Gasteiger partial charge is 0.0406 e. The minimum absolute atomic E-state index is 0.145. The number of hydrogen-bond donors (Lipinski definition) is 1. The fraction of sp³-hybridized carbons (Fsp3) is 0.368. The van der Waals surface area contributed by atoms with Gasteiger partial charge in [-0.2, -0.15) is 0 Å². The summed E-state index contributed by atoms with van der Waals surface area (Å²) in [6.07, 6.45) is 5.21. The summed E-state index contributed by atoms with van der Waals surface area (Å²) < 4.78 is 0. The molecule has 1 saturated heterocycles. The van der Waals surface area contributed by atoms with Crippen LogP contribution in [0.4, 0.5) is 0 Å². The van der Waals surface area contributed by atoms with E-state index in [2.05, 4.69) is 66.8 Å². The standard InChI is InChI=1S/C19H23N/c1-19(14-6-3-7-15-20-19)18-12-10-17(11-13-18)16-8-4-2-5-9-16/h2,4-5,8-13,20H,3,6-7,14-15H2,1H3. The molecule has 1 unspecified atom stereocenters. The molecule has 0 spiro atoms. The zero-order valence-corrected chi connectivity index (χ0v) is 12.2. The molecule has 0 saturated carbocycles. The molecule has 0 radical (unpaired) electrons. The highest BCUT2D eigenvalue weighted by atomic mass is 15.0. The van der Waals surface area contributed by atoms with Gasteiger partial charge in [-0.1, -0.05) is 67.4 Å². The van der Waals surface area contributed by atoms with E-state index in [1.54, 1.807) is 0 Å². The molecule has 0 bridgehead atoms. The number of benzene rings is 2. The third-order valence-corrected chi connectivity index (χ3v) is 4.50. The molecule has 1 aliphatic heterocycles. The monoisotopic (exact) mass is 265 g/mol. The highest BCUT2D eigenvalue weighted by molar-refractivity contribution is 5.63. The summed E-state index contributed by atoms with van der Waals surface area (Å²) in [6.45, 7) is 3.48. The second-order valence-electron chi connectivity index (χ2n) is 6.01. The predicted octanol–water partition coefficient (Wildman–Crippen LogP) is 4.73. The molecule has 0 aliphatic carbocycles. The maximum absolute atomic E-state index is 3.73. The Hall–Kier alpha value is -1.60. The van der Waals surface area contributed by atoms with Crippen LogP contribution >= 0.6 is 0 Å². The zero-order chi connectivity index (χ0) is 13.8. The van der Waals surface area contributed by atoms with E-state index < -0.39 is 0 Å². The molecule has 1 N–H and O–H groups in total. The number of rotatable bonds is 2. The van der Waals surface area contributed by atoms with Crippen molar-refractivity contribution in [3.05, 3.63) is 60.2 Å². The Bertz CT molecular complexity index is 534. The minimum atomic E-state index is 0.145. The van der Waals surface area contributed by atoms with E-state index in [4.69, 9.17) is 0 Å². The fourth-order valence-electron chi connectivity index (χ4n) is 3.14. The second-order valence-corrected chi connectivity index (χ2v) is 6.01. The molecule has 20 heavy (non-hydrogen) atoms. The summed E-state index contributed by atoms with van der Waals surface area (Å²) in [5.41, 5.74) is 4.15. The third kappa shape index (κ3) is 2.78. The normalized spacial score (nSPS) is 23.2. The van der Waals surface area contributed by atoms with Crippen molar-refractivity contribution in [3.8, 4) is 11.1 Å². The van der Waals surface area contributed by atoms with Crippen LogP contribution in [-0.2, 0) is 5.54 Å². The first-order chi connectivity index (χ1) is 9.78. The third-order valence-electron chi connectivity index (χ3n) is 4.50. The van der Waals surface area contributed by atoms with Gasteiger partial charge in [-0.25, -0.2) is 0 Å². The van der Waals surface area contributed by atoms with E-state index in [9.17, 15) is 0 Å². The molecule has 1 aliphatic rings. The van der Waals surface area contributed by atoms with Crippen LogP contribution < -0.4 is 5.32 Å². The molecule has 104 valence electrons. The molecule has 3 rings (SSSR count). The average molecular weight is 265 g/mol. The Labute approximate surface area is 122 Å². The maximum atomic E-state index is 3.73. The van der Waals surface area contributed by atoms with Gasteiger partial charge in [0.1, 0.15) is 0 Å². The lowest BCUT2D eigenvalue weighted by atomic mass is 9.87. The number of hydrogen-bond acceptors (Lipinski definition) is 1. The van der Waals surface area contributed by atoms with Gasteiger partial charge in [0.2, 0.25) is 0 Å². The Morgan fingerprint density at radius 2 is 1.50 bits per heavy atom. The Balaban J connectivity index is 1.85. The minimum Gasteiger partial charge on any atom is -0.308 e. The van der Waals surface area contributed by atoms with Gasteiger partial charge in [0.05, 0.1) is 0 Å². The summed E-state index contributed by atoms with van der Waals surface area (Å²) in [5.74, 6) is 0. The molecule has 1 fully saturated rings. The van der Waals surface area contributed by atoms with Crippen LogP contribution in [0.2, 0.25) is 0 Å². The van der Waals surface area contributed by atoms with Crippen molar-refractivity contribution in [2.24, 2.45) is 0 Å². The van der Waals surface area contributed by atoms with Gasteiger partial charge in [-0.05, 0) is 43.0 Å². The van der Waals surface area contributed by atoms with E-state index in [0.29, 0.717) is 0 Å². The van der Waals surface area contributed by atoms with Crippen molar-refractivity contribution in [2.75, 3.05) is 6.54 Å². The molecule has 1 nitrogen and oxygen atoms in total. The summed E-state index contributed by atoms with van der Waals surface area (Å²) in [4.78, 5) is 0. The van der Waals surface area contributed by atoms with Gasteiger partial charge >= 0.3 is 0 Å². The van der Waals surface area contributed by atoms with Gasteiger partial charge in [0, 0.05) is 5.54 Å². The van der Waals surface area contributed by atoms with E-state index in [1.807, 2.05) is 0 Å². The van der Waals surface area contributed by atoms with Crippen molar-refractivity contribution in [3.63, 3.8) is 0 Å². The van der Waals surface area contributed by atoms with Crippen molar-refractivity contribution in [2.45, 2.75) is 38.1 Å². The van der Waals surface area contributed by atoms with E-state index in [1.165, 1.54) is 42.4 Å². The zero-order valence-electron chi connectivity index (χ0n) is 12.2. The van der Waals surface area contributed by atoms with Crippen molar-refractivity contribution >= 4 is 0 Å². The van der Waals surface area contributed by atoms with E-state index in [-0.39, 0.29) is 5.54 Å². The lowest BCUT2D eigenvalue weighted by molar-refractivity contribution is 0.359. The Morgan fingerprint density at radius 1 is 0.800 bits per heavy atom. The van der Waals surface area contributed by atoms with Crippen LogP contribution in [0.3, 0.4) is 0 Å². The number of nitrogens with one attached hydrogen (secondary N) is 1. The van der Waals surface area contributed by atoms with Gasteiger partial charge in [-0.15, -0.1) is 0 Å².